The van der Waals surface area contributed by atoms with Crippen molar-refractivity contribution in [1.29, 1.82) is 0 Å². The van der Waals surface area contributed by atoms with Crippen molar-refractivity contribution in [2.45, 2.75) is 24.9 Å². The molecule has 0 radical (unpaired) electrons. The first-order valence-electron chi connectivity index (χ1n) is 6.15. The molecule has 0 saturated carbocycles. The Morgan fingerprint density at radius 1 is 1.43 bits per heavy atom. The van der Waals surface area contributed by atoms with Gasteiger partial charge in [0.1, 0.15) is 0 Å². The number of aromatic nitrogens is 1. The van der Waals surface area contributed by atoms with Crippen molar-refractivity contribution in [2.24, 2.45) is 0 Å². The summed E-state index contributed by atoms with van der Waals surface area (Å²) in [4.78, 5) is 27.5. The minimum absolute atomic E-state index is 0.121. The largest absolute Gasteiger partial charge is 0.478 e. The number of hydrogen-bond acceptors (Lipinski definition) is 5. The van der Waals surface area contributed by atoms with E-state index in [0.29, 0.717) is 6.54 Å². The molecule has 21 heavy (non-hydrogen) atoms. The number of carboxylic acid groups (broad SMARTS) is 1. The highest BCUT2D eigenvalue weighted by Gasteiger charge is 2.24. The zero-order valence-corrected chi connectivity index (χ0v) is 12.7. The SMILES string of the molecule is CCN(C)C(=O)C(C)NS(=O)(=O)c1ccc(C(=O)O)cn1. The molecule has 116 valence electrons. The average Bonchev–Trinajstić information content (AvgIpc) is 2.45. The van der Waals surface area contributed by atoms with E-state index in [2.05, 4.69) is 9.71 Å². The molecule has 2 N–H and O–H groups in total. The van der Waals surface area contributed by atoms with Gasteiger partial charge in [-0.05, 0) is 26.0 Å². The van der Waals surface area contributed by atoms with Gasteiger partial charge in [0.2, 0.25) is 5.91 Å². The number of carboxylic acids is 1. The summed E-state index contributed by atoms with van der Waals surface area (Å²) in [5.41, 5.74) is -0.121. The molecule has 1 aromatic rings. The number of carbonyl (C=O) groups excluding carboxylic acids is 1. The number of sulfonamides is 1. The van der Waals surface area contributed by atoms with E-state index in [0.717, 1.165) is 18.3 Å². The first kappa shape index (κ1) is 17.1. The molecule has 0 saturated heterocycles. The van der Waals surface area contributed by atoms with Crippen molar-refractivity contribution in [1.82, 2.24) is 14.6 Å². The van der Waals surface area contributed by atoms with E-state index >= 15 is 0 Å². The Morgan fingerprint density at radius 2 is 2.05 bits per heavy atom. The molecule has 0 aliphatic heterocycles. The molecule has 9 heteroatoms. The number of carbonyl (C=O) groups is 2. The van der Waals surface area contributed by atoms with Crippen LogP contribution in [-0.2, 0) is 14.8 Å². The summed E-state index contributed by atoms with van der Waals surface area (Å²) in [6, 6.07) is 1.27. The lowest BCUT2D eigenvalue weighted by Gasteiger charge is -2.20. The van der Waals surface area contributed by atoms with Gasteiger partial charge < -0.3 is 10.0 Å². The van der Waals surface area contributed by atoms with E-state index in [1.54, 1.807) is 14.0 Å². The van der Waals surface area contributed by atoms with Gasteiger partial charge in [0, 0.05) is 19.8 Å². The van der Waals surface area contributed by atoms with Crippen LogP contribution in [0.3, 0.4) is 0 Å². The number of rotatable bonds is 6. The highest BCUT2D eigenvalue weighted by Crippen LogP contribution is 2.08. The smallest absolute Gasteiger partial charge is 0.337 e. The number of pyridine rings is 1. The van der Waals surface area contributed by atoms with E-state index in [-0.39, 0.29) is 16.5 Å². The molecule has 8 nitrogen and oxygen atoms in total. The van der Waals surface area contributed by atoms with Crippen molar-refractivity contribution in [3.8, 4) is 0 Å². The van der Waals surface area contributed by atoms with Crippen molar-refractivity contribution in [3.05, 3.63) is 23.9 Å². The quantitative estimate of drug-likeness (QED) is 0.758. The van der Waals surface area contributed by atoms with Gasteiger partial charge in [-0.2, -0.15) is 4.72 Å². The van der Waals surface area contributed by atoms with Gasteiger partial charge in [-0.1, -0.05) is 0 Å². The molecule has 1 atom stereocenters. The number of nitrogens with one attached hydrogen (secondary N) is 1. The van der Waals surface area contributed by atoms with E-state index in [1.165, 1.54) is 11.8 Å². The fraction of sp³-hybridized carbons (Fsp3) is 0.417. The number of aromatic carboxylic acids is 1. The standard InChI is InChI=1S/C12H17N3O5S/c1-4-15(3)11(16)8(2)14-21(19,20)10-6-5-9(7-13-10)12(17)18/h5-8,14H,4H2,1-3H3,(H,17,18). The van der Waals surface area contributed by atoms with Crippen LogP contribution in [-0.4, -0.2) is 54.9 Å². The number of amides is 1. The van der Waals surface area contributed by atoms with Crippen LogP contribution in [0, 0.1) is 0 Å². The summed E-state index contributed by atoms with van der Waals surface area (Å²) in [7, 11) is -2.43. The average molecular weight is 315 g/mol. The number of nitrogens with zero attached hydrogens (tertiary/aromatic N) is 2. The van der Waals surface area contributed by atoms with Crippen molar-refractivity contribution in [2.75, 3.05) is 13.6 Å². The summed E-state index contributed by atoms with van der Waals surface area (Å²) < 4.78 is 26.3. The Hall–Kier alpha value is -2.00. The van der Waals surface area contributed by atoms with Crippen LogP contribution in [0.25, 0.3) is 0 Å². The van der Waals surface area contributed by atoms with Crippen molar-refractivity contribution in [3.63, 3.8) is 0 Å². The molecule has 1 amide bonds. The van der Waals surface area contributed by atoms with Crippen LogP contribution < -0.4 is 4.72 Å². The third kappa shape index (κ3) is 4.23. The maximum atomic E-state index is 12.0. The normalized spacial score (nSPS) is 12.7. The Labute approximate surface area is 122 Å². The van der Waals surface area contributed by atoms with Gasteiger partial charge in [-0.15, -0.1) is 0 Å². The predicted octanol–water partition coefficient (Wildman–Crippen LogP) is -0.0751. The van der Waals surface area contributed by atoms with Crippen LogP contribution >= 0.6 is 0 Å². The fourth-order valence-corrected chi connectivity index (χ4v) is 2.62. The summed E-state index contributed by atoms with van der Waals surface area (Å²) in [5.74, 6) is -1.57. The van der Waals surface area contributed by atoms with Crippen LogP contribution in [0.5, 0.6) is 0 Å². The topological polar surface area (TPSA) is 117 Å². The third-order valence-corrected chi connectivity index (χ3v) is 4.27. The fourth-order valence-electron chi connectivity index (χ4n) is 1.50. The molecule has 0 fully saturated rings. The summed E-state index contributed by atoms with van der Waals surface area (Å²) >= 11 is 0. The van der Waals surface area contributed by atoms with Crippen molar-refractivity contribution >= 4 is 21.9 Å². The van der Waals surface area contributed by atoms with Crippen LogP contribution in [0.2, 0.25) is 0 Å². The maximum Gasteiger partial charge on any atom is 0.337 e. The minimum Gasteiger partial charge on any atom is -0.478 e. The number of hydrogen-bond donors (Lipinski definition) is 2. The van der Waals surface area contributed by atoms with E-state index < -0.39 is 22.0 Å². The third-order valence-electron chi connectivity index (χ3n) is 2.81. The molecule has 0 aliphatic rings. The molecule has 1 rings (SSSR count). The van der Waals surface area contributed by atoms with E-state index in [4.69, 9.17) is 5.11 Å². The lowest BCUT2D eigenvalue weighted by atomic mass is 10.3. The highest BCUT2D eigenvalue weighted by atomic mass is 32.2. The van der Waals surface area contributed by atoms with Gasteiger partial charge in [0.25, 0.3) is 10.0 Å². The van der Waals surface area contributed by atoms with Crippen LogP contribution in [0.4, 0.5) is 0 Å². The summed E-state index contributed by atoms with van der Waals surface area (Å²) in [6.07, 6.45) is 0.946. The van der Waals surface area contributed by atoms with E-state index in [1.807, 2.05) is 0 Å². The summed E-state index contributed by atoms with van der Waals surface area (Å²) in [6.45, 7) is 3.65. The second-order valence-corrected chi connectivity index (χ2v) is 6.05. The molecule has 0 aliphatic carbocycles. The first-order chi connectivity index (χ1) is 9.69. The maximum absolute atomic E-state index is 12.0. The molecule has 0 spiro atoms. The lowest BCUT2D eigenvalue weighted by Crippen LogP contribution is -2.45. The molecular weight excluding hydrogens is 298 g/mol. The Morgan fingerprint density at radius 3 is 2.48 bits per heavy atom. The monoisotopic (exact) mass is 315 g/mol. The first-order valence-corrected chi connectivity index (χ1v) is 7.64. The second-order valence-electron chi connectivity index (χ2n) is 4.39. The van der Waals surface area contributed by atoms with Gasteiger partial charge in [0.05, 0.1) is 11.6 Å². The molecule has 1 aromatic heterocycles. The van der Waals surface area contributed by atoms with Gasteiger partial charge in [0.15, 0.2) is 5.03 Å². The van der Waals surface area contributed by atoms with Crippen molar-refractivity contribution < 1.29 is 23.1 Å². The lowest BCUT2D eigenvalue weighted by molar-refractivity contribution is -0.131. The molecule has 0 aromatic carbocycles. The Kier molecular flexibility index (Phi) is 5.39. The van der Waals surface area contributed by atoms with Crippen LogP contribution in [0.1, 0.15) is 24.2 Å². The highest BCUT2D eigenvalue weighted by molar-refractivity contribution is 7.89. The number of likely N-dealkylation sites (N-methyl/N-ethyl adjacent to an activating group) is 1. The van der Waals surface area contributed by atoms with E-state index in [9.17, 15) is 18.0 Å². The molecule has 0 bridgehead atoms. The zero-order valence-electron chi connectivity index (χ0n) is 11.9. The molecule has 1 unspecified atom stereocenters. The Balaban J connectivity index is 2.91. The predicted molar refractivity (Wildman–Crippen MR) is 74.3 cm³/mol. The van der Waals surface area contributed by atoms with Gasteiger partial charge in [-0.25, -0.2) is 18.2 Å². The summed E-state index contributed by atoms with van der Waals surface area (Å²) in [5, 5.41) is 8.39. The van der Waals surface area contributed by atoms with Crippen LogP contribution in [0.15, 0.2) is 23.4 Å². The molecule has 1 heterocycles. The second kappa shape index (κ2) is 6.64. The van der Waals surface area contributed by atoms with Gasteiger partial charge in [-0.3, -0.25) is 4.79 Å². The zero-order chi connectivity index (χ0) is 16.2. The Bertz CT molecular complexity index is 627. The molecular formula is C12H17N3O5S. The van der Waals surface area contributed by atoms with Gasteiger partial charge >= 0.3 is 5.97 Å². The minimum atomic E-state index is -3.99.